The Hall–Kier alpha value is -3.74. The highest BCUT2D eigenvalue weighted by Gasteiger charge is 2.41. The lowest BCUT2D eigenvalue weighted by molar-refractivity contribution is 0.326. The molecule has 0 amide bonds. The molecule has 10 nitrogen and oxygen atoms in total. The van der Waals surface area contributed by atoms with E-state index in [9.17, 15) is 12.8 Å². The highest BCUT2D eigenvalue weighted by Crippen LogP contribution is 2.43. The number of anilines is 1. The molecule has 40 heavy (non-hydrogen) atoms. The predicted molar refractivity (Wildman–Crippen MR) is 147 cm³/mol. The Morgan fingerprint density at radius 2 is 1.90 bits per heavy atom. The molecule has 0 saturated carbocycles. The second-order valence-electron chi connectivity index (χ2n) is 9.59. The van der Waals surface area contributed by atoms with E-state index in [2.05, 4.69) is 10.3 Å². The zero-order valence-electron chi connectivity index (χ0n) is 21.4. The lowest BCUT2D eigenvalue weighted by Gasteiger charge is -2.32. The van der Waals surface area contributed by atoms with E-state index in [0.717, 1.165) is 5.56 Å². The van der Waals surface area contributed by atoms with Crippen LogP contribution in [0.5, 0.6) is 5.75 Å². The molecule has 0 spiro atoms. The highest BCUT2D eigenvalue weighted by atomic mass is 35.5. The molecule has 3 aliphatic rings. The molecule has 2 atom stereocenters. The standard InChI is InChI=1S/C27H26ClFN6O4S/c1-38-22-7-4-18(28)16-23(22)40(36,37)34-12-9-20(10-13-34)31-26-30-11-8-21(32-26)25-24(17-2-5-19(29)6-3-17)33-27-35(25)14-15-39-27/h2-8,11,14-16,20,24-25H,9-10,12-13H2,1H3,(H,30,31,32). The van der Waals surface area contributed by atoms with Crippen molar-refractivity contribution in [3.8, 4) is 5.75 Å². The zero-order chi connectivity index (χ0) is 27.9. The topological polar surface area (TPSA) is 109 Å². The SMILES string of the molecule is COc1ccc(Cl)cc1S(=O)(=O)N1CCC(Nc2nccc(C3C(c4ccc(F)cc4)N=C4OC=CN43)n2)CC1. The highest BCUT2D eigenvalue weighted by molar-refractivity contribution is 7.89. The van der Waals surface area contributed by atoms with Gasteiger partial charge in [-0.2, -0.15) is 4.31 Å². The lowest BCUT2D eigenvalue weighted by atomic mass is 9.97. The Bertz CT molecular complexity index is 1580. The second kappa shape index (κ2) is 10.7. The molecule has 1 N–H and O–H groups in total. The van der Waals surface area contributed by atoms with Gasteiger partial charge in [0.1, 0.15) is 34.8 Å². The van der Waals surface area contributed by atoms with Crippen molar-refractivity contribution < 1.29 is 22.3 Å². The minimum atomic E-state index is -3.78. The summed E-state index contributed by atoms with van der Waals surface area (Å²) in [7, 11) is -2.35. The molecule has 3 aliphatic heterocycles. The van der Waals surface area contributed by atoms with Crippen molar-refractivity contribution >= 4 is 33.6 Å². The van der Waals surface area contributed by atoms with Gasteiger partial charge in [-0.25, -0.2) is 27.8 Å². The third kappa shape index (κ3) is 4.98. The molecule has 3 aromatic rings. The fraction of sp³-hybridized carbons (Fsp3) is 0.296. The van der Waals surface area contributed by atoms with Gasteiger partial charge in [-0.05, 0) is 54.8 Å². The average Bonchev–Trinajstić information content (AvgIpc) is 3.56. The van der Waals surface area contributed by atoms with Crippen LogP contribution in [0.25, 0.3) is 0 Å². The minimum Gasteiger partial charge on any atom is -0.495 e. The molecule has 0 bridgehead atoms. The van der Waals surface area contributed by atoms with E-state index in [1.807, 2.05) is 11.0 Å². The number of amidine groups is 1. The summed E-state index contributed by atoms with van der Waals surface area (Å²) in [5.41, 5.74) is 1.55. The van der Waals surface area contributed by atoms with Gasteiger partial charge < -0.3 is 14.8 Å². The molecule has 6 rings (SSSR count). The Balaban J connectivity index is 1.16. The first-order valence-corrected chi connectivity index (χ1v) is 14.5. The van der Waals surface area contributed by atoms with E-state index < -0.39 is 10.0 Å². The Morgan fingerprint density at radius 1 is 1.12 bits per heavy atom. The van der Waals surface area contributed by atoms with Crippen molar-refractivity contribution in [1.29, 1.82) is 0 Å². The van der Waals surface area contributed by atoms with Gasteiger partial charge in [-0.1, -0.05) is 23.7 Å². The third-order valence-corrected chi connectivity index (χ3v) is 9.34. The van der Waals surface area contributed by atoms with Crippen LogP contribution in [0.1, 0.15) is 36.2 Å². The number of fused-ring (bicyclic) bond motifs is 1. The number of aliphatic imine (C=N–C) groups is 1. The summed E-state index contributed by atoms with van der Waals surface area (Å²) in [6.07, 6.45) is 6.16. The van der Waals surface area contributed by atoms with Crippen molar-refractivity contribution in [3.05, 3.63) is 89.3 Å². The number of hydrogen-bond acceptors (Lipinski definition) is 9. The van der Waals surface area contributed by atoms with E-state index in [0.29, 0.717) is 48.6 Å². The van der Waals surface area contributed by atoms with Crippen LogP contribution < -0.4 is 10.1 Å². The summed E-state index contributed by atoms with van der Waals surface area (Å²) in [6, 6.07) is 12.4. The van der Waals surface area contributed by atoms with Gasteiger partial charge in [0.05, 0.1) is 12.8 Å². The first-order chi connectivity index (χ1) is 19.3. The summed E-state index contributed by atoms with van der Waals surface area (Å²) < 4.78 is 52.5. The van der Waals surface area contributed by atoms with Crippen LogP contribution in [-0.2, 0) is 14.8 Å². The van der Waals surface area contributed by atoms with Crippen molar-refractivity contribution in [1.82, 2.24) is 19.2 Å². The molecular weight excluding hydrogens is 559 g/mol. The summed E-state index contributed by atoms with van der Waals surface area (Å²) >= 11 is 6.07. The van der Waals surface area contributed by atoms with E-state index in [1.165, 1.54) is 29.6 Å². The van der Waals surface area contributed by atoms with Crippen LogP contribution >= 0.6 is 11.6 Å². The Kier molecular flexibility index (Phi) is 7.07. The van der Waals surface area contributed by atoms with Gasteiger partial charge in [0.25, 0.3) is 6.02 Å². The molecule has 13 heteroatoms. The number of aromatic nitrogens is 2. The normalized spacial score (nSPS) is 21.2. The van der Waals surface area contributed by atoms with Gasteiger partial charge in [-0.3, -0.25) is 4.90 Å². The zero-order valence-corrected chi connectivity index (χ0v) is 23.0. The molecule has 1 aromatic heterocycles. The number of piperidine rings is 1. The van der Waals surface area contributed by atoms with Crippen LogP contribution in [0.15, 0.2) is 77.1 Å². The quantitative estimate of drug-likeness (QED) is 0.432. The summed E-state index contributed by atoms with van der Waals surface area (Å²) in [4.78, 5) is 15.8. The third-order valence-electron chi connectivity index (χ3n) is 7.19. The van der Waals surface area contributed by atoms with Crippen molar-refractivity contribution in [2.45, 2.75) is 35.9 Å². The summed E-state index contributed by atoms with van der Waals surface area (Å²) in [5, 5.41) is 3.69. The number of ether oxygens (including phenoxy) is 2. The number of sulfonamides is 1. The average molecular weight is 585 g/mol. The largest absolute Gasteiger partial charge is 0.495 e. The van der Waals surface area contributed by atoms with Gasteiger partial charge >= 0.3 is 0 Å². The summed E-state index contributed by atoms with van der Waals surface area (Å²) in [5.74, 6) is 0.374. The lowest BCUT2D eigenvalue weighted by Crippen LogP contribution is -2.42. The maximum atomic E-state index is 13.6. The maximum absolute atomic E-state index is 13.6. The monoisotopic (exact) mass is 584 g/mol. The van der Waals surface area contributed by atoms with E-state index >= 15 is 0 Å². The van der Waals surface area contributed by atoms with Crippen LogP contribution in [0.2, 0.25) is 5.02 Å². The first kappa shape index (κ1) is 26.5. The van der Waals surface area contributed by atoms with Crippen molar-refractivity contribution in [2.75, 3.05) is 25.5 Å². The Morgan fingerprint density at radius 3 is 2.65 bits per heavy atom. The molecule has 1 fully saturated rings. The van der Waals surface area contributed by atoms with Crippen molar-refractivity contribution in [2.24, 2.45) is 4.99 Å². The molecule has 0 radical (unpaired) electrons. The number of rotatable bonds is 7. The van der Waals surface area contributed by atoms with E-state index in [4.69, 9.17) is 31.1 Å². The molecule has 2 aromatic carbocycles. The van der Waals surface area contributed by atoms with Crippen LogP contribution in [0.3, 0.4) is 0 Å². The maximum Gasteiger partial charge on any atom is 0.298 e. The molecule has 4 heterocycles. The van der Waals surface area contributed by atoms with Crippen LogP contribution in [0, 0.1) is 5.82 Å². The molecule has 2 unspecified atom stereocenters. The van der Waals surface area contributed by atoms with Gasteiger partial charge in [0.15, 0.2) is 0 Å². The number of nitrogens with zero attached hydrogens (tertiary/aromatic N) is 5. The first-order valence-electron chi connectivity index (χ1n) is 12.7. The minimum absolute atomic E-state index is 0.0266. The fourth-order valence-electron chi connectivity index (χ4n) is 5.17. The van der Waals surface area contributed by atoms with Gasteiger partial charge in [-0.15, -0.1) is 0 Å². The number of methoxy groups -OCH3 is 1. The number of nitrogens with one attached hydrogen (secondary N) is 1. The molecule has 208 valence electrons. The van der Waals surface area contributed by atoms with Crippen LogP contribution in [0.4, 0.5) is 10.3 Å². The van der Waals surface area contributed by atoms with E-state index in [-0.39, 0.29) is 34.6 Å². The number of halogens is 2. The molecular formula is C27H26ClFN6O4S. The predicted octanol–water partition coefficient (Wildman–Crippen LogP) is 4.50. The summed E-state index contributed by atoms with van der Waals surface area (Å²) in [6.45, 7) is 0.634. The van der Waals surface area contributed by atoms with Crippen molar-refractivity contribution in [3.63, 3.8) is 0 Å². The molecule has 1 saturated heterocycles. The molecule has 0 aliphatic carbocycles. The van der Waals surface area contributed by atoms with Gasteiger partial charge in [0.2, 0.25) is 16.0 Å². The van der Waals surface area contributed by atoms with Crippen LogP contribution in [-0.4, -0.2) is 59.9 Å². The fourth-order valence-corrected chi connectivity index (χ4v) is 7.06. The number of hydrogen-bond donors (Lipinski definition) is 1. The van der Waals surface area contributed by atoms with E-state index in [1.54, 1.807) is 42.9 Å². The smallest absolute Gasteiger partial charge is 0.298 e. The van der Waals surface area contributed by atoms with Gasteiger partial charge in [0, 0.05) is 36.6 Å². The second-order valence-corrected chi connectivity index (χ2v) is 11.9. The number of benzene rings is 2. The Labute approximate surface area is 236 Å².